The van der Waals surface area contributed by atoms with Gasteiger partial charge in [0, 0.05) is 0 Å². The zero-order chi connectivity index (χ0) is 23.8. The monoisotopic (exact) mass is 479 g/mol. The molecule has 4 unspecified atom stereocenters. The number of hydrogen-bond donors (Lipinski definition) is 6. The number of unbranched alkanes of at least 4 members (excludes halogenated alkanes) is 1. The highest BCUT2D eigenvalue weighted by Gasteiger charge is 2.28. The Morgan fingerprint density at radius 1 is 0.839 bits per heavy atom. The van der Waals surface area contributed by atoms with E-state index in [0.29, 0.717) is 38.0 Å². The molecule has 0 heterocycles. The number of amides is 3. The molecule has 0 radical (unpaired) electrons. The summed E-state index contributed by atoms with van der Waals surface area (Å²) in [6.07, 6.45) is 6.05. The molecule has 0 aliphatic carbocycles. The van der Waals surface area contributed by atoms with Crippen molar-refractivity contribution in [2.75, 3.05) is 30.6 Å². The largest absolute Gasteiger partial charge is 0.480 e. The number of aliphatic carboxylic acids is 1. The molecule has 0 aromatic rings. The van der Waals surface area contributed by atoms with Crippen LogP contribution < -0.4 is 27.4 Å². The van der Waals surface area contributed by atoms with Crippen molar-refractivity contribution < 1.29 is 24.3 Å². The molecular weight excluding hydrogens is 442 g/mol. The lowest BCUT2D eigenvalue weighted by atomic mass is 10.1. The molecule has 0 fully saturated rings. The van der Waals surface area contributed by atoms with Gasteiger partial charge in [0.2, 0.25) is 17.7 Å². The van der Waals surface area contributed by atoms with E-state index in [0.717, 1.165) is 5.75 Å². The minimum absolute atomic E-state index is 0.270. The molecule has 0 bridgehead atoms. The third kappa shape index (κ3) is 12.8. The maximum Gasteiger partial charge on any atom is 0.326 e. The van der Waals surface area contributed by atoms with E-state index in [9.17, 15) is 24.3 Å². The Balaban J connectivity index is 5.02. The highest BCUT2D eigenvalue weighted by atomic mass is 32.2. The van der Waals surface area contributed by atoms with Crippen LogP contribution >= 0.6 is 23.5 Å². The number of carbonyl (C=O) groups excluding carboxylic acids is 3. The second kappa shape index (κ2) is 17.1. The third-order valence-corrected chi connectivity index (χ3v) is 5.81. The van der Waals surface area contributed by atoms with Crippen molar-refractivity contribution in [3.05, 3.63) is 0 Å². The lowest BCUT2D eigenvalue weighted by Crippen LogP contribution is -2.56. The number of carboxylic acid groups (broad SMARTS) is 1. The molecule has 0 aliphatic heterocycles. The summed E-state index contributed by atoms with van der Waals surface area (Å²) < 4.78 is 0. The van der Waals surface area contributed by atoms with Crippen LogP contribution in [0.4, 0.5) is 0 Å². The van der Waals surface area contributed by atoms with Crippen LogP contribution in [-0.2, 0) is 19.2 Å². The molecule has 31 heavy (non-hydrogen) atoms. The van der Waals surface area contributed by atoms with Gasteiger partial charge in [0.1, 0.15) is 18.1 Å². The first-order valence-electron chi connectivity index (χ1n) is 10.2. The Morgan fingerprint density at radius 2 is 1.42 bits per heavy atom. The number of carboxylic acids is 1. The van der Waals surface area contributed by atoms with Gasteiger partial charge in [-0.15, -0.1) is 0 Å². The Kier molecular flexibility index (Phi) is 16.3. The number of hydrogen-bond acceptors (Lipinski definition) is 8. The predicted molar refractivity (Wildman–Crippen MR) is 126 cm³/mol. The van der Waals surface area contributed by atoms with E-state index in [1.54, 1.807) is 11.8 Å². The van der Waals surface area contributed by atoms with E-state index in [4.69, 9.17) is 11.5 Å². The summed E-state index contributed by atoms with van der Waals surface area (Å²) in [7, 11) is 0. The fourth-order valence-electron chi connectivity index (χ4n) is 2.59. The van der Waals surface area contributed by atoms with Crippen molar-refractivity contribution in [1.82, 2.24) is 16.0 Å². The number of thioether (sulfide) groups is 2. The van der Waals surface area contributed by atoms with E-state index in [-0.39, 0.29) is 6.42 Å². The van der Waals surface area contributed by atoms with Crippen LogP contribution in [0, 0.1) is 0 Å². The van der Waals surface area contributed by atoms with Gasteiger partial charge in [0.25, 0.3) is 0 Å². The number of nitrogens with one attached hydrogen (secondary N) is 3. The van der Waals surface area contributed by atoms with Crippen LogP contribution in [0.5, 0.6) is 0 Å². The summed E-state index contributed by atoms with van der Waals surface area (Å²) in [5.74, 6) is -1.40. The van der Waals surface area contributed by atoms with E-state index < -0.39 is 47.9 Å². The minimum Gasteiger partial charge on any atom is -0.480 e. The average molecular weight is 480 g/mol. The summed E-state index contributed by atoms with van der Waals surface area (Å²) in [5, 5.41) is 17.0. The van der Waals surface area contributed by atoms with Crippen molar-refractivity contribution in [2.24, 2.45) is 11.5 Å². The van der Waals surface area contributed by atoms with Gasteiger partial charge in [0.15, 0.2) is 0 Å². The molecule has 180 valence electrons. The van der Waals surface area contributed by atoms with Crippen LogP contribution in [-0.4, -0.2) is 83.5 Å². The molecule has 4 atom stereocenters. The van der Waals surface area contributed by atoms with Crippen molar-refractivity contribution in [2.45, 2.75) is 63.2 Å². The summed E-state index contributed by atoms with van der Waals surface area (Å²) in [4.78, 5) is 48.8. The van der Waals surface area contributed by atoms with Crippen LogP contribution in [0.2, 0.25) is 0 Å². The van der Waals surface area contributed by atoms with Crippen LogP contribution in [0.3, 0.4) is 0 Å². The van der Waals surface area contributed by atoms with Gasteiger partial charge in [-0.2, -0.15) is 23.5 Å². The SMILES string of the molecule is CSCCC(N)C(=O)NC(C)C(=O)NC(CCCCN)C(=O)NC(CCSC)C(=O)O. The van der Waals surface area contributed by atoms with Gasteiger partial charge < -0.3 is 32.5 Å². The van der Waals surface area contributed by atoms with Crippen molar-refractivity contribution in [1.29, 1.82) is 0 Å². The zero-order valence-electron chi connectivity index (χ0n) is 18.5. The molecule has 12 heteroatoms. The zero-order valence-corrected chi connectivity index (χ0v) is 20.2. The number of rotatable bonds is 17. The first-order chi connectivity index (χ1) is 14.7. The number of carbonyl (C=O) groups is 4. The lowest BCUT2D eigenvalue weighted by molar-refractivity contribution is -0.142. The Bertz CT molecular complexity index is 582. The van der Waals surface area contributed by atoms with E-state index in [2.05, 4.69) is 16.0 Å². The molecule has 0 spiro atoms. The van der Waals surface area contributed by atoms with Gasteiger partial charge in [-0.25, -0.2) is 4.79 Å². The van der Waals surface area contributed by atoms with Gasteiger partial charge in [-0.3, -0.25) is 14.4 Å². The molecule has 0 aliphatic rings. The quantitative estimate of drug-likeness (QED) is 0.150. The highest BCUT2D eigenvalue weighted by molar-refractivity contribution is 7.98. The second-order valence-corrected chi connectivity index (χ2v) is 9.12. The van der Waals surface area contributed by atoms with E-state index in [1.165, 1.54) is 18.7 Å². The van der Waals surface area contributed by atoms with Crippen molar-refractivity contribution >= 4 is 47.2 Å². The predicted octanol–water partition coefficient (Wildman–Crippen LogP) is -0.492. The van der Waals surface area contributed by atoms with Crippen molar-refractivity contribution in [3.8, 4) is 0 Å². The maximum absolute atomic E-state index is 12.7. The Morgan fingerprint density at radius 3 is 1.97 bits per heavy atom. The molecule has 8 N–H and O–H groups in total. The molecule has 0 rings (SSSR count). The summed E-state index contributed by atoms with van der Waals surface area (Å²) in [6, 6.07) is -3.59. The molecule has 3 amide bonds. The van der Waals surface area contributed by atoms with Crippen LogP contribution in [0.1, 0.15) is 39.0 Å². The van der Waals surface area contributed by atoms with Gasteiger partial charge in [0.05, 0.1) is 6.04 Å². The Hall–Kier alpha value is -1.50. The Labute approximate surface area is 192 Å². The highest BCUT2D eigenvalue weighted by Crippen LogP contribution is 2.06. The maximum atomic E-state index is 12.7. The lowest BCUT2D eigenvalue weighted by Gasteiger charge is -2.23. The van der Waals surface area contributed by atoms with E-state index in [1.807, 2.05) is 12.5 Å². The van der Waals surface area contributed by atoms with E-state index >= 15 is 0 Å². The van der Waals surface area contributed by atoms with Crippen molar-refractivity contribution in [3.63, 3.8) is 0 Å². The molecule has 0 aromatic heterocycles. The normalized spacial score (nSPS) is 14.7. The third-order valence-electron chi connectivity index (χ3n) is 4.53. The van der Waals surface area contributed by atoms with Gasteiger partial charge in [-0.05, 0) is 69.6 Å². The number of nitrogens with two attached hydrogens (primary N) is 2. The summed E-state index contributed by atoms with van der Waals surface area (Å²) in [5.41, 5.74) is 11.3. The first kappa shape index (κ1) is 29.5. The van der Waals surface area contributed by atoms with Gasteiger partial charge >= 0.3 is 5.97 Å². The minimum atomic E-state index is -1.13. The topological polar surface area (TPSA) is 177 Å². The summed E-state index contributed by atoms with van der Waals surface area (Å²) >= 11 is 3.05. The average Bonchev–Trinajstić information content (AvgIpc) is 2.73. The fourth-order valence-corrected chi connectivity index (χ4v) is 3.55. The first-order valence-corrected chi connectivity index (χ1v) is 13.0. The summed E-state index contributed by atoms with van der Waals surface area (Å²) in [6.45, 7) is 1.94. The van der Waals surface area contributed by atoms with Gasteiger partial charge in [-0.1, -0.05) is 0 Å². The second-order valence-electron chi connectivity index (χ2n) is 7.14. The standard InChI is InChI=1S/C19H37N5O5S2/c1-12(22-17(26)13(21)7-10-30-2)16(25)23-14(6-4-5-9-20)18(27)24-15(19(28)29)8-11-31-3/h12-15H,4-11,20-21H2,1-3H3,(H,22,26)(H,23,25)(H,24,27)(H,28,29). The molecule has 0 aromatic carbocycles. The smallest absolute Gasteiger partial charge is 0.326 e. The van der Waals surface area contributed by atoms with Crippen LogP contribution in [0.25, 0.3) is 0 Å². The molecule has 10 nitrogen and oxygen atoms in total. The molecular formula is C19H37N5O5S2. The molecule has 0 saturated carbocycles. The fraction of sp³-hybridized carbons (Fsp3) is 0.789. The molecule has 0 saturated heterocycles. The van der Waals surface area contributed by atoms with Crippen LogP contribution in [0.15, 0.2) is 0 Å².